The van der Waals surface area contributed by atoms with E-state index in [4.69, 9.17) is 6.42 Å². The highest BCUT2D eigenvalue weighted by Gasteiger charge is 2.40. The molecule has 86 valence electrons. The zero-order valence-corrected chi connectivity index (χ0v) is 10.1. The van der Waals surface area contributed by atoms with Crippen LogP contribution in [0.2, 0.25) is 0 Å². The van der Waals surface area contributed by atoms with Crippen molar-refractivity contribution in [1.29, 1.82) is 0 Å². The molecule has 1 atom stereocenters. The maximum atomic E-state index is 10.3. The van der Waals surface area contributed by atoms with E-state index in [0.717, 1.165) is 12.8 Å². The first kappa shape index (κ1) is 12.6. The maximum Gasteiger partial charge on any atom is 0.0605 e. The Balaban J connectivity index is 2.59. The van der Waals surface area contributed by atoms with Crippen LogP contribution in [0, 0.1) is 23.7 Å². The SMILES string of the molecule is C#CCCC(O)C1(CC(C)C)CCCC1. The molecule has 1 aliphatic rings. The Labute approximate surface area is 94.3 Å². The highest BCUT2D eigenvalue weighted by molar-refractivity contribution is 4.94. The molecule has 0 saturated heterocycles. The highest BCUT2D eigenvalue weighted by Crippen LogP contribution is 2.46. The van der Waals surface area contributed by atoms with Crippen LogP contribution >= 0.6 is 0 Å². The summed E-state index contributed by atoms with van der Waals surface area (Å²) in [6.07, 6.45) is 12.7. The van der Waals surface area contributed by atoms with E-state index in [-0.39, 0.29) is 11.5 Å². The molecule has 1 N–H and O–H groups in total. The average molecular weight is 208 g/mol. The van der Waals surface area contributed by atoms with Crippen LogP contribution in [-0.4, -0.2) is 11.2 Å². The third-order valence-corrected chi connectivity index (χ3v) is 3.68. The van der Waals surface area contributed by atoms with E-state index in [1.54, 1.807) is 0 Å². The predicted molar refractivity (Wildman–Crippen MR) is 64.4 cm³/mol. The first-order valence-corrected chi connectivity index (χ1v) is 6.22. The molecule has 0 aromatic rings. The molecule has 15 heavy (non-hydrogen) atoms. The predicted octanol–water partition coefficient (Wildman–Crippen LogP) is 3.37. The Morgan fingerprint density at radius 3 is 2.40 bits per heavy atom. The molecule has 0 bridgehead atoms. The van der Waals surface area contributed by atoms with Gasteiger partial charge in [0.05, 0.1) is 6.10 Å². The lowest BCUT2D eigenvalue weighted by atomic mass is 9.73. The molecule has 1 unspecified atom stereocenters. The van der Waals surface area contributed by atoms with Crippen molar-refractivity contribution in [3.8, 4) is 12.3 Å². The van der Waals surface area contributed by atoms with Crippen LogP contribution in [0.4, 0.5) is 0 Å². The minimum Gasteiger partial charge on any atom is -0.393 e. The summed E-state index contributed by atoms with van der Waals surface area (Å²) in [7, 11) is 0. The third-order valence-electron chi connectivity index (χ3n) is 3.68. The van der Waals surface area contributed by atoms with Gasteiger partial charge in [-0.1, -0.05) is 26.7 Å². The van der Waals surface area contributed by atoms with Gasteiger partial charge in [0.15, 0.2) is 0 Å². The number of rotatable bonds is 5. The first-order valence-electron chi connectivity index (χ1n) is 6.22. The molecule has 1 heteroatoms. The van der Waals surface area contributed by atoms with Crippen LogP contribution in [0.5, 0.6) is 0 Å². The van der Waals surface area contributed by atoms with Gasteiger partial charge in [-0.3, -0.25) is 0 Å². The Bertz CT molecular complexity index is 218. The quantitative estimate of drug-likeness (QED) is 0.687. The fourth-order valence-corrected chi connectivity index (χ4v) is 3.09. The van der Waals surface area contributed by atoms with Gasteiger partial charge in [-0.05, 0) is 37.0 Å². The molecule has 0 amide bonds. The Morgan fingerprint density at radius 2 is 1.93 bits per heavy atom. The fourth-order valence-electron chi connectivity index (χ4n) is 3.09. The summed E-state index contributed by atoms with van der Waals surface area (Å²) in [5, 5.41) is 10.3. The summed E-state index contributed by atoms with van der Waals surface area (Å²) in [4.78, 5) is 0. The zero-order chi connectivity index (χ0) is 11.3. The lowest BCUT2D eigenvalue weighted by Crippen LogP contribution is -2.34. The van der Waals surface area contributed by atoms with E-state index in [1.807, 2.05) is 0 Å². The minimum atomic E-state index is -0.182. The van der Waals surface area contributed by atoms with Gasteiger partial charge < -0.3 is 5.11 Å². The van der Waals surface area contributed by atoms with Crippen molar-refractivity contribution in [1.82, 2.24) is 0 Å². The average Bonchev–Trinajstić information content (AvgIpc) is 2.62. The van der Waals surface area contributed by atoms with Crippen molar-refractivity contribution >= 4 is 0 Å². The zero-order valence-electron chi connectivity index (χ0n) is 10.1. The van der Waals surface area contributed by atoms with Crippen molar-refractivity contribution in [3.05, 3.63) is 0 Å². The van der Waals surface area contributed by atoms with Crippen LogP contribution in [0.1, 0.15) is 58.8 Å². The highest BCUT2D eigenvalue weighted by atomic mass is 16.3. The van der Waals surface area contributed by atoms with Gasteiger partial charge in [0.2, 0.25) is 0 Å². The van der Waals surface area contributed by atoms with Crippen LogP contribution in [0.15, 0.2) is 0 Å². The minimum absolute atomic E-state index is 0.182. The molecule has 1 nitrogen and oxygen atoms in total. The van der Waals surface area contributed by atoms with Gasteiger partial charge in [-0.15, -0.1) is 12.3 Å². The molecular weight excluding hydrogens is 184 g/mol. The smallest absolute Gasteiger partial charge is 0.0605 e. The topological polar surface area (TPSA) is 20.2 Å². The monoisotopic (exact) mass is 208 g/mol. The summed E-state index contributed by atoms with van der Waals surface area (Å²) < 4.78 is 0. The number of hydrogen-bond acceptors (Lipinski definition) is 1. The summed E-state index contributed by atoms with van der Waals surface area (Å²) in [5.74, 6) is 3.30. The second-order valence-corrected chi connectivity index (χ2v) is 5.43. The summed E-state index contributed by atoms with van der Waals surface area (Å²) >= 11 is 0. The molecule has 1 fully saturated rings. The van der Waals surface area contributed by atoms with E-state index in [1.165, 1.54) is 25.7 Å². The van der Waals surface area contributed by atoms with Crippen molar-refractivity contribution in [2.45, 2.75) is 64.9 Å². The van der Waals surface area contributed by atoms with Crippen LogP contribution < -0.4 is 0 Å². The molecule has 0 radical (unpaired) electrons. The van der Waals surface area contributed by atoms with Crippen molar-refractivity contribution in [2.75, 3.05) is 0 Å². The summed E-state index contributed by atoms with van der Waals surface area (Å²) in [6.45, 7) is 4.49. The molecule has 1 aliphatic carbocycles. The number of terminal acetylenes is 1. The third kappa shape index (κ3) is 3.24. The molecule has 0 aromatic heterocycles. The van der Waals surface area contributed by atoms with Crippen molar-refractivity contribution < 1.29 is 5.11 Å². The van der Waals surface area contributed by atoms with Crippen LogP contribution in [0.25, 0.3) is 0 Å². The Morgan fingerprint density at radius 1 is 1.33 bits per heavy atom. The Hall–Kier alpha value is -0.480. The lowest BCUT2D eigenvalue weighted by molar-refractivity contribution is 0.00815. The number of aliphatic hydroxyl groups excluding tert-OH is 1. The van der Waals surface area contributed by atoms with E-state index in [9.17, 15) is 5.11 Å². The normalized spacial score (nSPS) is 21.5. The standard InChI is InChI=1S/C14H24O/c1-4-5-8-13(15)14(11-12(2)3)9-6-7-10-14/h1,12-13,15H,5-11H2,2-3H3. The largest absolute Gasteiger partial charge is 0.393 e. The number of hydrogen-bond donors (Lipinski definition) is 1. The van der Waals surface area contributed by atoms with E-state index < -0.39 is 0 Å². The summed E-state index contributed by atoms with van der Waals surface area (Å²) in [6, 6.07) is 0. The van der Waals surface area contributed by atoms with Gasteiger partial charge in [-0.2, -0.15) is 0 Å². The van der Waals surface area contributed by atoms with E-state index >= 15 is 0 Å². The molecule has 0 aromatic carbocycles. The van der Waals surface area contributed by atoms with Crippen molar-refractivity contribution in [3.63, 3.8) is 0 Å². The molecule has 1 rings (SSSR count). The van der Waals surface area contributed by atoms with Gasteiger partial charge in [-0.25, -0.2) is 0 Å². The molecule has 0 heterocycles. The second-order valence-electron chi connectivity index (χ2n) is 5.43. The van der Waals surface area contributed by atoms with Crippen LogP contribution in [-0.2, 0) is 0 Å². The lowest BCUT2D eigenvalue weighted by Gasteiger charge is -2.35. The van der Waals surface area contributed by atoms with Gasteiger partial charge in [0.25, 0.3) is 0 Å². The van der Waals surface area contributed by atoms with Crippen molar-refractivity contribution in [2.24, 2.45) is 11.3 Å². The van der Waals surface area contributed by atoms with Gasteiger partial charge >= 0.3 is 0 Å². The second kappa shape index (κ2) is 5.56. The first-order chi connectivity index (χ1) is 7.10. The van der Waals surface area contributed by atoms with Gasteiger partial charge in [0, 0.05) is 6.42 Å². The Kier molecular flexibility index (Phi) is 4.67. The van der Waals surface area contributed by atoms with Crippen LogP contribution in [0.3, 0.4) is 0 Å². The number of aliphatic hydroxyl groups is 1. The van der Waals surface area contributed by atoms with Gasteiger partial charge in [0.1, 0.15) is 0 Å². The summed E-state index contributed by atoms with van der Waals surface area (Å²) in [5.41, 5.74) is 0.186. The fraction of sp³-hybridized carbons (Fsp3) is 0.857. The molecule has 0 spiro atoms. The molecule has 1 saturated carbocycles. The molecule has 0 aliphatic heterocycles. The van der Waals surface area contributed by atoms with E-state index in [0.29, 0.717) is 12.3 Å². The maximum absolute atomic E-state index is 10.3. The molecular formula is C14H24O. The van der Waals surface area contributed by atoms with E-state index in [2.05, 4.69) is 19.8 Å².